The summed E-state index contributed by atoms with van der Waals surface area (Å²) in [5.74, 6) is 3.33. The minimum Gasteiger partial charge on any atom is -0.396 e. The van der Waals surface area contributed by atoms with Crippen LogP contribution in [0.5, 0.6) is 0 Å². The minimum atomic E-state index is 0.169. The van der Waals surface area contributed by atoms with Gasteiger partial charge in [-0.3, -0.25) is 0 Å². The van der Waals surface area contributed by atoms with E-state index in [2.05, 4.69) is 17.1 Å². The predicted octanol–water partition coefficient (Wildman–Crippen LogP) is 1.64. The van der Waals surface area contributed by atoms with E-state index in [0.29, 0.717) is 18.7 Å². The van der Waals surface area contributed by atoms with Crippen molar-refractivity contribution in [2.75, 3.05) is 12.4 Å². The molecule has 14 heavy (non-hydrogen) atoms. The molecule has 0 unspecified atom stereocenters. The SMILES string of the molecule is CCCSCc1noc(CCCO)n1. The molecular weight excluding hydrogens is 200 g/mol. The summed E-state index contributed by atoms with van der Waals surface area (Å²) >= 11 is 1.81. The van der Waals surface area contributed by atoms with Crippen molar-refractivity contribution in [2.45, 2.75) is 31.9 Å². The molecule has 0 fully saturated rings. The molecule has 0 aliphatic carbocycles. The minimum absolute atomic E-state index is 0.169. The first-order valence-electron chi connectivity index (χ1n) is 4.87. The lowest BCUT2D eigenvalue weighted by atomic mass is 10.3. The van der Waals surface area contributed by atoms with Gasteiger partial charge in [-0.25, -0.2) is 0 Å². The van der Waals surface area contributed by atoms with E-state index in [-0.39, 0.29) is 6.61 Å². The van der Waals surface area contributed by atoms with Gasteiger partial charge in [0.05, 0.1) is 5.75 Å². The number of hydrogen-bond acceptors (Lipinski definition) is 5. The van der Waals surface area contributed by atoms with Gasteiger partial charge in [-0.2, -0.15) is 16.7 Å². The summed E-state index contributed by atoms with van der Waals surface area (Å²) in [4.78, 5) is 4.21. The van der Waals surface area contributed by atoms with Crippen LogP contribution in [0.3, 0.4) is 0 Å². The number of aliphatic hydroxyl groups excluding tert-OH is 1. The van der Waals surface area contributed by atoms with E-state index in [4.69, 9.17) is 9.63 Å². The summed E-state index contributed by atoms with van der Waals surface area (Å²) in [5.41, 5.74) is 0. The zero-order valence-corrected chi connectivity index (χ0v) is 9.22. The third kappa shape index (κ3) is 4.11. The molecule has 0 aromatic carbocycles. The Hall–Kier alpha value is -0.550. The molecule has 0 aliphatic heterocycles. The molecule has 1 heterocycles. The van der Waals surface area contributed by atoms with Gasteiger partial charge in [-0.05, 0) is 18.6 Å². The third-order valence-electron chi connectivity index (χ3n) is 1.64. The highest BCUT2D eigenvalue weighted by atomic mass is 32.2. The van der Waals surface area contributed by atoms with Gasteiger partial charge < -0.3 is 9.63 Å². The molecule has 1 aromatic heterocycles. The van der Waals surface area contributed by atoms with Gasteiger partial charge in [-0.15, -0.1) is 0 Å². The molecular formula is C9H16N2O2S. The molecule has 5 heteroatoms. The van der Waals surface area contributed by atoms with Crippen molar-refractivity contribution in [3.05, 3.63) is 11.7 Å². The van der Waals surface area contributed by atoms with Crippen molar-refractivity contribution in [1.29, 1.82) is 0 Å². The smallest absolute Gasteiger partial charge is 0.226 e. The van der Waals surface area contributed by atoms with Crippen LogP contribution in [0.25, 0.3) is 0 Å². The van der Waals surface area contributed by atoms with Crippen LogP contribution in [0.2, 0.25) is 0 Å². The monoisotopic (exact) mass is 216 g/mol. The zero-order valence-electron chi connectivity index (χ0n) is 8.40. The van der Waals surface area contributed by atoms with E-state index in [1.54, 1.807) is 0 Å². The summed E-state index contributed by atoms with van der Waals surface area (Å²) in [5, 5.41) is 12.5. The molecule has 80 valence electrons. The topological polar surface area (TPSA) is 59.2 Å². The van der Waals surface area contributed by atoms with Gasteiger partial charge in [0.25, 0.3) is 0 Å². The quantitative estimate of drug-likeness (QED) is 0.702. The van der Waals surface area contributed by atoms with Crippen LogP contribution in [0.4, 0.5) is 0 Å². The Morgan fingerprint density at radius 2 is 2.36 bits per heavy atom. The number of hydrogen-bond donors (Lipinski definition) is 1. The summed E-state index contributed by atoms with van der Waals surface area (Å²) < 4.78 is 5.01. The summed E-state index contributed by atoms with van der Waals surface area (Å²) in [6.07, 6.45) is 2.52. The van der Waals surface area contributed by atoms with Crippen molar-refractivity contribution >= 4 is 11.8 Å². The highest BCUT2D eigenvalue weighted by Crippen LogP contribution is 2.10. The number of nitrogens with zero attached hydrogens (tertiary/aromatic N) is 2. The van der Waals surface area contributed by atoms with E-state index in [0.717, 1.165) is 17.3 Å². The number of aliphatic hydroxyl groups is 1. The third-order valence-corrected chi connectivity index (χ3v) is 2.80. The Balaban J connectivity index is 2.27. The van der Waals surface area contributed by atoms with Gasteiger partial charge in [0.2, 0.25) is 5.89 Å². The molecule has 0 atom stereocenters. The molecule has 0 bridgehead atoms. The Kier molecular flexibility index (Phi) is 5.63. The first kappa shape index (κ1) is 11.5. The Morgan fingerprint density at radius 3 is 3.07 bits per heavy atom. The van der Waals surface area contributed by atoms with Crippen molar-refractivity contribution in [3.8, 4) is 0 Å². The fraction of sp³-hybridized carbons (Fsp3) is 0.778. The second-order valence-electron chi connectivity index (χ2n) is 2.98. The van der Waals surface area contributed by atoms with Crippen LogP contribution in [0, 0.1) is 0 Å². The fourth-order valence-electron chi connectivity index (χ4n) is 0.988. The van der Waals surface area contributed by atoms with E-state index in [1.807, 2.05) is 11.8 Å². The van der Waals surface area contributed by atoms with Crippen molar-refractivity contribution < 1.29 is 9.63 Å². The van der Waals surface area contributed by atoms with Crippen molar-refractivity contribution in [3.63, 3.8) is 0 Å². The van der Waals surface area contributed by atoms with E-state index >= 15 is 0 Å². The molecule has 0 radical (unpaired) electrons. The number of rotatable bonds is 7. The van der Waals surface area contributed by atoms with Crippen LogP contribution in [-0.4, -0.2) is 27.6 Å². The van der Waals surface area contributed by atoms with Gasteiger partial charge in [-0.1, -0.05) is 12.1 Å². The lowest BCUT2D eigenvalue weighted by molar-refractivity contribution is 0.278. The van der Waals surface area contributed by atoms with Crippen LogP contribution in [0.15, 0.2) is 4.52 Å². The average Bonchev–Trinajstić information content (AvgIpc) is 2.63. The number of aryl methyl sites for hydroxylation is 1. The Morgan fingerprint density at radius 1 is 1.50 bits per heavy atom. The summed E-state index contributed by atoms with van der Waals surface area (Å²) in [7, 11) is 0. The largest absolute Gasteiger partial charge is 0.396 e. The number of thioether (sulfide) groups is 1. The fourth-order valence-corrected chi connectivity index (χ4v) is 1.72. The van der Waals surface area contributed by atoms with Crippen LogP contribution >= 0.6 is 11.8 Å². The number of aromatic nitrogens is 2. The first-order valence-corrected chi connectivity index (χ1v) is 6.02. The Bertz CT molecular complexity index is 253. The maximum atomic E-state index is 8.61. The molecule has 0 saturated carbocycles. The molecule has 4 nitrogen and oxygen atoms in total. The second-order valence-corrected chi connectivity index (χ2v) is 4.09. The van der Waals surface area contributed by atoms with Crippen LogP contribution < -0.4 is 0 Å². The maximum Gasteiger partial charge on any atom is 0.226 e. The zero-order chi connectivity index (χ0) is 10.2. The van der Waals surface area contributed by atoms with Gasteiger partial charge >= 0.3 is 0 Å². The van der Waals surface area contributed by atoms with Crippen LogP contribution in [-0.2, 0) is 12.2 Å². The summed E-state index contributed by atoms with van der Waals surface area (Å²) in [6, 6.07) is 0. The molecule has 0 amide bonds. The second kappa shape index (κ2) is 6.84. The van der Waals surface area contributed by atoms with Gasteiger partial charge in [0.15, 0.2) is 5.82 Å². The average molecular weight is 216 g/mol. The first-order chi connectivity index (χ1) is 6.86. The Labute approximate surface area is 88.1 Å². The highest BCUT2D eigenvalue weighted by Gasteiger charge is 2.05. The van der Waals surface area contributed by atoms with E-state index in [1.165, 1.54) is 6.42 Å². The lowest BCUT2D eigenvalue weighted by Gasteiger charge is -1.92. The van der Waals surface area contributed by atoms with Crippen molar-refractivity contribution in [2.24, 2.45) is 0 Å². The maximum absolute atomic E-state index is 8.61. The molecule has 1 aromatic rings. The lowest BCUT2D eigenvalue weighted by Crippen LogP contribution is -1.90. The predicted molar refractivity (Wildman–Crippen MR) is 56.2 cm³/mol. The summed E-state index contributed by atoms with van der Waals surface area (Å²) in [6.45, 7) is 2.32. The van der Waals surface area contributed by atoms with E-state index in [9.17, 15) is 0 Å². The highest BCUT2D eigenvalue weighted by molar-refractivity contribution is 7.98. The van der Waals surface area contributed by atoms with Gasteiger partial charge in [0, 0.05) is 13.0 Å². The normalized spacial score (nSPS) is 10.7. The molecule has 1 N–H and O–H groups in total. The van der Waals surface area contributed by atoms with Crippen LogP contribution in [0.1, 0.15) is 31.5 Å². The molecule has 0 spiro atoms. The van der Waals surface area contributed by atoms with E-state index < -0.39 is 0 Å². The van der Waals surface area contributed by atoms with Crippen molar-refractivity contribution in [1.82, 2.24) is 10.1 Å². The molecule has 0 aliphatic rings. The molecule has 0 saturated heterocycles. The standard InChI is InChI=1S/C9H16N2O2S/c1-2-6-14-7-8-10-9(13-11-8)4-3-5-12/h12H,2-7H2,1H3. The van der Waals surface area contributed by atoms with Gasteiger partial charge in [0.1, 0.15) is 0 Å². The molecule has 1 rings (SSSR count).